The van der Waals surface area contributed by atoms with Crippen molar-refractivity contribution in [2.24, 2.45) is 0 Å². The monoisotopic (exact) mass is 1290 g/mol. The third kappa shape index (κ3) is 9.58. The van der Waals surface area contributed by atoms with Crippen LogP contribution in [0.5, 0.6) is 23.0 Å². The first-order valence-corrected chi connectivity index (χ1v) is 31.0. The fraction of sp³-hybridized carbons (Fsp3) is 0.211. The van der Waals surface area contributed by atoms with E-state index in [2.05, 4.69) is 280 Å². The molecule has 9 aromatic carbocycles. The summed E-state index contributed by atoms with van der Waals surface area (Å²) in [5, 5.41) is 11.2. The van der Waals surface area contributed by atoms with Crippen molar-refractivity contribution in [1.29, 1.82) is 0 Å². The molecule has 0 fully saturated rings. The topological polar surface area (TPSA) is 51.6 Å². The van der Waals surface area contributed by atoms with Crippen LogP contribution in [0.4, 0.5) is 22.7 Å². The Morgan fingerprint density at radius 3 is 1.74 bits per heavy atom. The summed E-state index contributed by atoms with van der Waals surface area (Å²) >= 11 is 0. The van der Waals surface area contributed by atoms with Gasteiger partial charge in [-0.15, -0.1) is 40.9 Å². The van der Waals surface area contributed by atoms with Crippen molar-refractivity contribution in [3.05, 3.63) is 236 Å². The summed E-state index contributed by atoms with van der Waals surface area (Å²) < 4.78 is 16.2. The zero-order valence-corrected chi connectivity index (χ0v) is 53.4. The predicted octanol–water partition coefficient (Wildman–Crippen LogP) is 17.6. The smallest absolute Gasteiger partial charge is 0.165 e. The van der Waals surface area contributed by atoms with Crippen molar-refractivity contribution < 1.29 is 30.5 Å². The predicted molar refractivity (Wildman–Crippen MR) is 349 cm³/mol. The first-order valence-electron chi connectivity index (χ1n) is 29.0. The molecule has 0 unspecified atom stereocenters. The Bertz CT molecular complexity index is 4300. The summed E-state index contributed by atoms with van der Waals surface area (Å²) in [7, 11) is 1.96. The van der Waals surface area contributed by atoms with Crippen molar-refractivity contribution in [3.63, 3.8) is 0 Å². The van der Waals surface area contributed by atoms with E-state index in [0.29, 0.717) is 11.5 Å². The molecule has 2 aromatic heterocycles. The van der Waals surface area contributed by atoms with Crippen LogP contribution in [0, 0.1) is 19.2 Å². The average Bonchev–Trinajstić information content (AvgIpc) is 1.56. The van der Waals surface area contributed by atoms with Gasteiger partial charge in [-0.05, 0) is 131 Å². The van der Waals surface area contributed by atoms with E-state index in [0.717, 1.165) is 67.8 Å². The van der Waals surface area contributed by atoms with E-state index in [1.54, 1.807) is 0 Å². The number of ether oxygens (including phenoxy) is 2. The number of hydrogen-bond donors (Lipinski definition) is 1. The van der Waals surface area contributed by atoms with Crippen LogP contribution < -0.4 is 40.4 Å². The van der Waals surface area contributed by atoms with E-state index in [-0.39, 0.29) is 42.7 Å². The van der Waals surface area contributed by atoms with E-state index in [4.69, 9.17) is 21.5 Å². The average molecular weight is 1300 g/mol. The first kappa shape index (κ1) is 56.5. The molecule has 0 saturated carbocycles. The molecule has 6 nitrogen and oxygen atoms in total. The van der Waals surface area contributed by atoms with Crippen LogP contribution in [0.15, 0.2) is 194 Å². The van der Waals surface area contributed by atoms with Gasteiger partial charge in [-0.1, -0.05) is 203 Å². The summed E-state index contributed by atoms with van der Waals surface area (Å²) in [5.74, 6) is 3.78. The number of anilines is 4. The molecule has 0 radical (unpaired) electrons. The molecule has 11 aromatic rings. The van der Waals surface area contributed by atoms with Crippen LogP contribution >= 0.6 is 0 Å². The van der Waals surface area contributed by atoms with E-state index in [1.165, 1.54) is 59.3 Å². The molecule has 84 heavy (non-hydrogen) atoms. The first-order chi connectivity index (χ1) is 39.6. The largest absolute Gasteiger partial charge is 0.509 e. The maximum atomic E-state index is 7.13. The molecule has 0 amide bonds. The van der Waals surface area contributed by atoms with Crippen LogP contribution in [0.25, 0.3) is 49.9 Å². The van der Waals surface area contributed by atoms with Gasteiger partial charge in [0.25, 0.3) is 0 Å². The molecular formula is C76H71N4O2PtSi-3. The minimum absolute atomic E-state index is 0. The molecule has 13 rings (SSSR count). The zero-order valence-electron chi connectivity index (χ0n) is 50.2. The minimum atomic E-state index is -3.01. The summed E-state index contributed by atoms with van der Waals surface area (Å²) in [6.07, 6.45) is 1.93. The Labute approximate surface area is 511 Å². The van der Waals surface area contributed by atoms with Crippen molar-refractivity contribution >= 4 is 73.4 Å². The van der Waals surface area contributed by atoms with Crippen molar-refractivity contribution in [2.75, 3.05) is 10.2 Å². The Hall–Kier alpha value is -7.96. The minimum Gasteiger partial charge on any atom is -0.509 e. The number of nitrogens with zero attached hydrogens (tertiary/aromatic N) is 3. The Balaban J connectivity index is 0.00000694. The van der Waals surface area contributed by atoms with Crippen LogP contribution in [-0.4, -0.2) is 17.6 Å². The fourth-order valence-electron chi connectivity index (χ4n) is 12.5. The second-order valence-electron chi connectivity index (χ2n) is 26.7. The summed E-state index contributed by atoms with van der Waals surface area (Å²) in [5.41, 5.74) is 14.7. The van der Waals surface area contributed by atoms with Gasteiger partial charge in [0.1, 0.15) is 17.3 Å². The van der Waals surface area contributed by atoms with Crippen LogP contribution in [0.3, 0.4) is 0 Å². The van der Waals surface area contributed by atoms with Gasteiger partial charge < -0.3 is 24.3 Å². The third-order valence-electron chi connectivity index (χ3n) is 17.0. The maximum absolute atomic E-state index is 7.13. The molecule has 4 heterocycles. The number of nitrogens with one attached hydrogen (secondary N) is 1. The number of benzene rings is 9. The molecule has 0 aliphatic carbocycles. The number of hydrogen-bond acceptors (Lipinski definition) is 5. The molecule has 1 N–H and O–H groups in total. The standard InChI is InChI=1S/C76H71N4O2Si.Pt/c1-73(2,3)50-37-38-77-69(44-50)80-61-31-24-36-67-70(61)71-62(80)46-56(47-68(71)83(67)65-34-21-19-32-63(65)82-64-33-20-22-35-66(64)83)81-55-28-23-27-54(45-55)78-59-29-17-18-30-60(59)79(13)72-57(48-25-15-14-16-26-48)42-53(76(10,11)12)43-58(72)49-39-51(74(4,5)6)41-52(40-49)75(7,8)9;/h14-44,47,78H,13H2,1-12H3;/q-3;. The SMILES string of the molecule is [CH2-]N(c1ccccc1Nc1[c-]c(Oc2[c-]c3c4c(c2)[Si]2(c5ccccc5Oc5ccccc52)c2cccc(c24)n3-c2cc(C(C)(C)C)ccn2)ccc1)c1c(-c2ccccc2)cc(C(C)(C)C)cc1-c1cc(C(C)(C)C)cc(C(C)(C)C)c1.[Pt]. The van der Waals surface area contributed by atoms with E-state index < -0.39 is 8.07 Å². The molecule has 2 aliphatic heterocycles. The second-order valence-corrected chi connectivity index (χ2v) is 30.4. The second kappa shape index (κ2) is 20.7. The van der Waals surface area contributed by atoms with Gasteiger partial charge >= 0.3 is 0 Å². The van der Waals surface area contributed by atoms with Crippen molar-refractivity contribution in [3.8, 4) is 51.1 Å². The van der Waals surface area contributed by atoms with Gasteiger partial charge in [-0.2, -0.15) is 6.07 Å². The van der Waals surface area contributed by atoms with Gasteiger partial charge in [0, 0.05) is 66.8 Å². The number of rotatable bonds is 9. The molecular weight excluding hydrogens is 1220 g/mol. The van der Waals surface area contributed by atoms with Gasteiger partial charge in [-0.3, -0.25) is 7.05 Å². The van der Waals surface area contributed by atoms with Crippen LogP contribution in [0.2, 0.25) is 0 Å². The van der Waals surface area contributed by atoms with E-state index in [1.807, 2.05) is 24.4 Å². The molecule has 0 saturated heterocycles. The van der Waals surface area contributed by atoms with Crippen LogP contribution in [0.1, 0.15) is 105 Å². The third-order valence-corrected chi connectivity index (χ3v) is 21.9. The molecule has 2 aliphatic rings. The van der Waals surface area contributed by atoms with Crippen molar-refractivity contribution in [2.45, 2.75) is 105 Å². The van der Waals surface area contributed by atoms with Gasteiger partial charge in [0.15, 0.2) is 8.07 Å². The zero-order chi connectivity index (χ0) is 58.0. The number of aromatic nitrogens is 2. The fourth-order valence-corrected chi connectivity index (χ4v) is 17.9. The molecule has 0 atom stereocenters. The summed E-state index contributed by atoms with van der Waals surface area (Å²) in [4.78, 5) is 7.20. The maximum Gasteiger partial charge on any atom is 0.165 e. The number of pyridine rings is 1. The summed E-state index contributed by atoms with van der Waals surface area (Å²) in [6, 6.07) is 75.4. The molecule has 424 valence electrons. The number of fused-ring (bicyclic) bond motifs is 6. The molecule has 8 heteroatoms. The molecule has 0 bridgehead atoms. The van der Waals surface area contributed by atoms with Crippen molar-refractivity contribution in [1.82, 2.24) is 9.55 Å². The number of para-hydroxylation sites is 4. The Morgan fingerprint density at radius 2 is 1.08 bits per heavy atom. The Kier molecular flexibility index (Phi) is 13.9. The quantitative estimate of drug-likeness (QED) is 0.115. The van der Waals surface area contributed by atoms with E-state index in [9.17, 15) is 0 Å². The molecule has 1 spiro atoms. The summed E-state index contributed by atoms with van der Waals surface area (Å²) in [6.45, 7) is 27.5. The van der Waals surface area contributed by atoms with Gasteiger partial charge in [-0.25, -0.2) is 4.98 Å². The van der Waals surface area contributed by atoms with Gasteiger partial charge in [0.2, 0.25) is 0 Å². The van der Waals surface area contributed by atoms with Crippen LogP contribution in [-0.2, 0) is 42.7 Å². The van der Waals surface area contributed by atoms with E-state index >= 15 is 0 Å². The normalized spacial score (nSPS) is 13.4. The van der Waals surface area contributed by atoms with Gasteiger partial charge in [0.05, 0.1) is 5.69 Å². The Morgan fingerprint density at radius 1 is 0.512 bits per heavy atom.